The molecule has 0 atom stereocenters. The Morgan fingerprint density at radius 1 is 1.14 bits per heavy atom. The van der Waals surface area contributed by atoms with Gasteiger partial charge in [0.1, 0.15) is 5.82 Å². The molecule has 1 amide bonds. The first-order valence-corrected chi connectivity index (χ1v) is 9.83. The smallest absolute Gasteiger partial charge is 0.336 e. The van der Waals surface area contributed by atoms with Crippen LogP contribution in [-0.2, 0) is 0 Å². The van der Waals surface area contributed by atoms with Crippen LogP contribution < -0.4 is 10.1 Å². The molecule has 0 aliphatic carbocycles. The lowest BCUT2D eigenvalue weighted by Crippen LogP contribution is -2.13. The fourth-order valence-electron chi connectivity index (χ4n) is 2.76. The minimum atomic E-state index is -0.562. The summed E-state index contributed by atoms with van der Waals surface area (Å²) in [7, 11) is 0. The Morgan fingerprint density at radius 3 is 2.62 bits per heavy atom. The highest BCUT2D eigenvalue weighted by molar-refractivity contribution is 7.13. The highest BCUT2D eigenvalue weighted by atomic mass is 32.1. The lowest BCUT2D eigenvalue weighted by Gasteiger charge is -2.08. The van der Waals surface area contributed by atoms with E-state index in [0.29, 0.717) is 24.1 Å². The molecule has 0 fully saturated rings. The van der Waals surface area contributed by atoms with Gasteiger partial charge in [-0.1, -0.05) is 18.2 Å². The first-order chi connectivity index (χ1) is 14.2. The number of benzene rings is 2. The molecular weight excluding hydrogens is 391 g/mol. The first-order valence-electron chi connectivity index (χ1n) is 8.95. The maximum absolute atomic E-state index is 13.8. The normalized spacial score (nSPS) is 10.7. The number of nitrogens with zero attached hydrogens (tertiary/aromatic N) is 3. The van der Waals surface area contributed by atoms with E-state index >= 15 is 0 Å². The third-order valence-electron chi connectivity index (χ3n) is 4.09. The number of carbonyl (C=O) groups excluding carboxylic acids is 1. The van der Waals surface area contributed by atoms with Crippen LogP contribution in [-0.4, -0.2) is 27.3 Å². The molecule has 0 saturated carbocycles. The summed E-state index contributed by atoms with van der Waals surface area (Å²) in [6, 6.07) is 17.1. The van der Waals surface area contributed by atoms with Crippen molar-refractivity contribution in [2.75, 3.05) is 11.9 Å². The first kappa shape index (κ1) is 18.8. The van der Waals surface area contributed by atoms with Crippen LogP contribution in [0.25, 0.3) is 16.4 Å². The Labute approximate surface area is 170 Å². The summed E-state index contributed by atoms with van der Waals surface area (Å²) in [6.07, 6.45) is 0. The van der Waals surface area contributed by atoms with Crippen molar-refractivity contribution in [2.45, 2.75) is 6.92 Å². The maximum Gasteiger partial charge on any atom is 0.336 e. The predicted molar refractivity (Wildman–Crippen MR) is 110 cm³/mol. The van der Waals surface area contributed by atoms with Crippen LogP contribution in [0.15, 0.2) is 66.0 Å². The van der Waals surface area contributed by atoms with Crippen molar-refractivity contribution in [1.29, 1.82) is 0 Å². The van der Waals surface area contributed by atoms with Crippen LogP contribution in [0.4, 0.5) is 10.1 Å². The number of hydrogen-bond acceptors (Lipinski definition) is 5. The number of anilines is 1. The van der Waals surface area contributed by atoms with E-state index in [0.717, 1.165) is 10.6 Å². The summed E-state index contributed by atoms with van der Waals surface area (Å²) in [4.78, 5) is 17.7. The minimum absolute atomic E-state index is 0.00538. The summed E-state index contributed by atoms with van der Waals surface area (Å²) in [6.45, 7) is 2.34. The summed E-state index contributed by atoms with van der Waals surface area (Å²) >= 11 is 1.56. The zero-order chi connectivity index (χ0) is 20.2. The Morgan fingerprint density at radius 2 is 1.93 bits per heavy atom. The molecule has 0 saturated heterocycles. The number of halogens is 1. The fraction of sp³-hybridized carbons (Fsp3) is 0.0952. The van der Waals surface area contributed by atoms with E-state index in [1.165, 1.54) is 12.1 Å². The average molecular weight is 408 g/mol. The molecule has 8 heteroatoms. The van der Waals surface area contributed by atoms with Crippen LogP contribution in [0.3, 0.4) is 0 Å². The second-order valence-electron chi connectivity index (χ2n) is 6.02. The minimum Gasteiger partial charge on any atom is -0.463 e. The monoisotopic (exact) mass is 408 g/mol. The highest BCUT2D eigenvalue weighted by Crippen LogP contribution is 2.27. The largest absolute Gasteiger partial charge is 0.463 e. The van der Waals surface area contributed by atoms with Crippen molar-refractivity contribution in [3.05, 3.63) is 77.4 Å². The second kappa shape index (κ2) is 8.24. The van der Waals surface area contributed by atoms with Crippen molar-refractivity contribution in [3.8, 4) is 22.4 Å². The molecule has 2 heterocycles. The van der Waals surface area contributed by atoms with Gasteiger partial charge in [0.15, 0.2) is 5.82 Å². The van der Waals surface area contributed by atoms with Gasteiger partial charge < -0.3 is 10.1 Å². The molecule has 0 spiro atoms. The van der Waals surface area contributed by atoms with E-state index < -0.39 is 11.7 Å². The van der Waals surface area contributed by atoms with Gasteiger partial charge in [-0.2, -0.15) is 4.98 Å². The van der Waals surface area contributed by atoms with E-state index in [-0.39, 0.29) is 5.56 Å². The molecule has 0 radical (unpaired) electrons. The van der Waals surface area contributed by atoms with Gasteiger partial charge >= 0.3 is 6.01 Å². The third-order valence-corrected chi connectivity index (χ3v) is 4.96. The number of thiophene rings is 1. The number of amides is 1. The van der Waals surface area contributed by atoms with Gasteiger partial charge in [0.2, 0.25) is 0 Å². The zero-order valence-corrected chi connectivity index (χ0v) is 16.3. The zero-order valence-electron chi connectivity index (χ0n) is 15.5. The molecular formula is C21H17FN4O2S. The van der Waals surface area contributed by atoms with E-state index in [9.17, 15) is 9.18 Å². The molecule has 6 nitrogen and oxygen atoms in total. The van der Waals surface area contributed by atoms with Crippen molar-refractivity contribution in [1.82, 2.24) is 14.8 Å². The quantitative estimate of drug-likeness (QED) is 0.498. The standard InChI is InChI=1S/C21H17FN4O2S/c1-2-28-21-24-19(18-8-5-13-29-18)26(25-21)15-11-9-14(10-12-15)23-20(27)16-6-3-4-7-17(16)22/h3-13H,2H2,1H3,(H,23,27). The lowest BCUT2D eigenvalue weighted by atomic mass is 10.2. The molecule has 0 aliphatic rings. The number of nitrogens with one attached hydrogen (secondary N) is 1. The molecule has 1 N–H and O–H groups in total. The van der Waals surface area contributed by atoms with E-state index in [1.54, 1.807) is 52.4 Å². The van der Waals surface area contributed by atoms with Gasteiger partial charge in [-0.25, -0.2) is 9.07 Å². The second-order valence-corrected chi connectivity index (χ2v) is 6.97. The maximum atomic E-state index is 13.8. The number of carbonyl (C=O) groups is 1. The summed E-state index contributed by atoms with van der Waals surface area (Å²) in [5.41, 5.74) is 1.30. The molecule has 2 aromatic carbocycles. The van der Waals surface area contributed by atoms with Crippen molar-refractivity contribution in [2.24, 2.45) is 0 Å². The molecule has 2 aromatic heterocycles. The average Bonchev–Trinajstić information content (AvgIpc) is 3.39. The molecule has 0 bridgehead atoms. The molecule has 4 rings (SSSR count). The molecule has 0 unspecified atom stereocenters. The van der Waals surface area contributed by atoms with E-state index in [1.807, 2.05) is 24.4 Å². The van der Waals surface area contributed by atoms with Crippen LogP contribution >= 0.6 is 11.3 Å². The summed E-state index contributed by atoms with van der Waals surface area (Å²) in [5, 5.41) is 9.10. The van der Waals surface area contributed by atoms with Crippen LogP contribution in [0, 0.1) is 5.82 Å². The number of hydrogen-bond donors (Lipinski definition) is 1. The molecule has 4 aromatic rings. The Kier molecular flexibility index (Phi) is 5.35. The summed E-state index contributed by atoms with van der Waals surface area (Å²) in [5.74, 6) is -0.394. The fourth-order valence-corrected chi connectivity index (χ4v) is 3.46. The number of aromatic nitrogens is 3. The number of rotatable bonds is 6. The third kappa shape index (κ3) is 4.02. The highest BCUT2D eigenvalue weighted by Gasteiger charge is 2.16. The van der Waals surface area contributed by atoms with Crippen LogP contribution in [0.2, 0.25) is 0 Å². The van der Waals surface area contributed by atoms with Gasteiger partial charge in [-0.3, -0.25) is 4.79 Å². The van der Waals surface area contributed by atoms with E-state index in [4.69, 9.17) is 4.74 Å². The van der Waals surface area contributed by atoms with Gasteiger partial charge in [-0.05, 0) is 54.8 Å². The van der Waals surface area contributed by atoms with Gasteiger partial charge in [-0.15, -0.1) is 16.4 Å². The van der Waals surface area contributed by atoms with Crippen molar-refractivity contribution < 1.29 is 13.9 Å². The van der Waals surface area contributed by atoms with Crippen molar-refractivity contribution in [3.63, 3.8) is 0 Å². The SMILES string of the molecule is CCOc1nc(-c2cccs2)n(-c2ccc(NC(=O)c3ccccc3F)cc2)n1. The van der Waals surface area contributed by atoms with E-state index in [2.05, 4.69) is 15.4 Å². The summed E-state index contributed by atoms with van der Waals surface area (Å²) < 4.78 is 20.9. The molecule has 0 aliphatic heterocycles. The van der Waals surface area contributed by atoms with Crippen LogP contribution in [0.1, 0.15) is 17.3 Å². The molecule has 29 heavy (non-hydrogen) atoms. The molecule has 146 valence electrons. The Hall–Kier alpha value is -3.52. The van der Waals surface area contributed by atoms with Crippen molar-refractivity contribution >= 4 is 22.9 Å². The van der Waals surface area contributed by atoms with Gasteiger partial charge in [0.25, 0.3) is 5.91 Å². The lowest BCUT2D eigenvalue weighted by molar-refractivity contribution is 0.102. The van der Waals surface area contributed by atoms with Crippen LogP contribution in [0.5, 0.6) is 6.01 Å². The predicted octanol–water partition coefficient (Wildman–Crippen LogP) is 4.79. The number of ether oxygens (including phenoxy) is 1. The van der Waals surface area contributed by atoms with Gasteiger partial charge in [0, 0.05) is 5.69 Å². The topological polar surface area (TPSA) is 69.0 Å². The Balaban J connectivity index is 1.60. The van der Waals surface area contributed by atoms with Gasteiger partial charge in [0.05, 0.1) is 22.7 Å². The Bertz CT molecular complexity index is 1120.